The number of methoxy groups -OCH3 is 1. The molecule has 3 heterocycles. The van der Waals surface area contributed by atoms with E-state index in [1.165, 1.54) is 12.8 Å². The minimum Gasteiger partial charge on any atom is -0.494 e. The lowest BCUT2D eigenvalue weighted by Crippen LogP contribution is -2.27. The topological polar surface area (TPSA) is 73.1 Å². The van der Waals surface area contributed by atoms with Crippen molar-refractivity contribution in [2.75, 3.05) is 13.7 Å². The van der Waals surface area contributed by atoms with Crippen molar-refractivity contribution in [3.05, 3.63) is 24.3 Å². The van der Waals surface area contributed by atoms with Crippen LogP contribution >= 0.6 is 0 Å². The number of pyridine rings is 1. The molecule has 0 spiro atoms. The van der Waals surface area contributed by atoms with Crippen molar-refractivity contribution in [1.29, 1.82) is 0 Å². The van der Waals surface area contributed by atoms with Crippen LogP contribution in [0.1, 0.15) is 31.1 Å². The quantitative estimate of drug-likeness (QED) is 0.909. The predicted molar refractivity (Wildman–Crippen MR) is 68.7 cm³/mol. The van der Waals surface area contributed by atoms with Crippen molar-refractivity contribution in [1.82, 2.24) is 20.4 Å². The van der Waals surface area contributed by atoms with Gasteiger partial charge in [0.2, 0.25) is 0 Å². The van der Waals surface area contributed by atoms with E-state index in [1.807, 2.05) is 6.07 Å². The monoisotopic (exact) mass is 260 g/mol. The molecule has 3 rings (SSSR count). The van der Waals surface area contributed by atoms with Crippen LogP contribution in [0.3, 0.4) is 0 Å². The second kappa shape index (κ2) is 5.36. The molecule has 0 aromatic carbocycles. The lowest BCUT2D eigenvalue weighted by Gasteiger charge is -2.19. The summed E-state index contributed by atoms with van der Waals surface area (Å²) in [4.78, 5) is 8.48. The maximum Gasteiger partial charge on any atom is 0.261 e. The van der Waals surface area contributed by atoms with E-state index in [0.717, 1.165) is 18.5 Å². The number of aromatic nitrogens is 3. The Kier molecular flexibility index (Phi) is 3.41. The average molecular weight is 260 g/mol. The lowest BCUT2D eigenvalue weighted by atomic mass is 10.0. The zero-order chi connectivity index (χ0) is 13.1. The summed E-state index contributed by atoms with van der Waals surface area (Å²) in [5.74, 6) is 1.82. The van der Waals surface area contributed by atoms with Crippen molar-refractivity contribution in [2.45, 2.75) is 25.3 Å². The van der Waals surface area contributed by atoms with Crippen LogP contribution in [0.25, 0.3) is 11.5 Å². The molecule has 0 amide bonds. The molecule has 1 atom stereocenters. The molecule has 1 N–H and O–H groups in total. The van der Waals surface area contributed by atoms with Crippen LogP contribution in [-0.4, -0.2) is 28.8 Å². The van der Waals surface area contributed by atoms with Crippen LogP contribution in [-0.2, 0) is 0 Å². The number of piperidine rings is 1. The van der Waals surface area contributed by atoms with Gasteiger partial charge in [0.05, 0.1) is 24.9 Å². The molecule has 2 aromatic rings. The average Bonchev–Trinajstić information content (AvgIpc) is 2.98. The van der Waals surface area contributed by atoms with Crippen LogP contribution < -0.4 is 10.1 Å². The highest BCUT2D eigenvalue weighted by molar-refractivity contribution is 5.61. The van der Waals surface area contributed by atoms with Crippen molar-refractivity contribution >= 4 is 0 Å². The van der Waals surface area contributed by atoms with Gasteiger partial charge in [-0.25, -0.2) is 0 Å². The molecule has 2 aromatic heterocycles. The SMILES string of the molecule is COc1cnccc1-c1nc(C2CCCCN2)no1. The molecule has 100 valence electrons. The molecule has 1 aliphatic rings. The summed E-state index contributed by atoms with van der Waals surface area (Å²) in [5.41, 5.74) is 0.770. The first-order valence-corrected chi connectivity index (χ1v) is 6.44. The number of nitrogens with zero attached hydrogens (tertiary/aromatic N) is 3. The summed E-state index contributed by atoms with van der Waals surface area (Å²) in [6, 6.07) is 2.00. The molecule has 6 nitrogen and oxygen atoms in total. The predicted octanol–water partition coefficient (Wildman–Crippen LogP) is 1.95. The van der Waals surface area contributed by atoms with Gasteiger partial charge in [-0.05, 0) is 25.5 Å². The van der Waals surface area contributed by atoms with Crippen LogP contribution in [0.4, 0.5) is 0 Å². The minimum absolute atomic E-state index is 0.194. The van der Waals surface area contributed by atoms with Gasteiger partial charge in [0.15, 0.2) is 5.82 Å². The maximum absolute atomic E-state index is 5.34. The molecule has 0 radical (unpaired) electrons. The number of nitrogens with one attached hydrogen (secondary N) is 1. The van der Waals surface area contributed by atoms with Crippen LogP contribution in [0.15, 0.2) is 23.0 Å². The number of hydrogen-bond donors (Lipinski definition) is 1. The number of ether oxygens (including phenoxy) is 1. The molecule has 1 fully saturated rings. The van der Waals surface area contributed by atoms with E-state index < -0.39 is 0 Å². The molecule has 0 aliphatic carbocycles. The highest BCUT2D eigenvalue weighted by Gasteiger charge is 2.21. The van der Waals surface area contributed by atoms with Gasteiger partial charge in [0.25, 0.3) is 5.89 Å². The Morgan fingerprint density at radius 1 is 1.42 bits per heavy atom. The van der Waals surface area contributed by atoms with E-state index >= 15 is 0 Å². The number of hydrogen-bond acceptors (Lipinski definition) is 6. The smallest absolute Gasteiger partial charge is 0.261 e. The van der Waals surface area contributed by atoms with Gasteiger partial charge in [-0.1, -0.05) is 11.6 Å². The van der Waals surface area contributed by atoms with Gasteiger partial charge in [-0.3, -0.25) is 4.98 Å². The summed E-state index contributed by atoms with van der Waals surface area (Å²) >= 11 is 0. The maximum atomic E-state index is 5.34. The Morgan fingerprint density at radius 2 is 2.37 bits per heavy atom. The molecule has 1 unspecified atom stereocenters. The summed E-state index contributed by atoms with van der Waals surface area (Å²) in [6.07, 6.45) is 6.77. The molecule has 1 saturated heterocycles. The fourth-order valence-corrected chi connectivity index (χ4v) is 2.28. The summed E-state index contributed by atoms with van der Waals surface area (Å²) < 4.78 is 10.6. The van der Waals surface area contributed by atoms with Crippen LogP contribution in [0, 0.1) is 0 Å². The highest BCUT2D eigenvalue weighted by atomic mass is 16.5. The summed E-state index contributed by atoms with van der Waals surface area (Å²) in [7, 11) is 1.60. The Balaban J connectivity index is 1.88. The molecule has 6 heteroatoms. The van der Waals surface area contributed by atoms with E-state index in [-0.39, 0.29) is 6.04 Å². The van der Waals surface area contributed by atoms with Gasteiger partial charge >= 0.3 is 0 Å². The normalized spacial score (nSPS) is 19.3. The molecule has 0 saturated carbocycles. The van der Waals surface area contributed by atoms with Crippen molar-refractivity contribution in [3.8, 4) is 17.2 Å². The van der Waals surface area contributed by atoms with E-state index in [9.17, 15) is 0 Å². The van der Waals surface area contributed by atoms with Crippen molar-refractivity contribution in [3.63, 3.8) is 0 Å². The van der Waals surface area contributed by atoms with Crippen molar-refractivity contribution < 1.29 is 9.26 Å². The third-order valence-electron chi connectivity index (χ3n) is 3.30. The van der Waals surface area contributed by atoms with Gasteiger partial charge in [-0.15, -0.1) is 0 Å². The molecule has 19 heavy (non-hydrogen) atoms. The fourth-order valence-electron chi connectivity index (χ4n) is 2.28. The Hall–Kier alpha value is -1.95. The van der Waals surface area contributed by atoms with E-state index in [2.05, 4.69) is 20.4 Å². The Labute approximate surface area is 111 Å². The summed E-state index contributed by atoms with van der Waals surface area (Å²) in [5, 5.41) is 7.47. The van der Waals surface area contributed by atoms with Gasteiger partial charge < -0.3 is 14.6 Å². The standard InChI is InChI=1S/C13H16N4O2/c1-18-11-8-14-7-5-9(11)13-16-12(17-19-13)10-4-2-3-6-15-10/h5,7-8,10,15H,2-4,6H2,1H3. The Bertz CT molecular complexity index is 549. The van der Waals surface area contributed by atoms with E-state index in [0.29, 0.717) is 17.5 Å². The number of rotatable bonds is 3. The van der Waals surface area contributed by atoms with Crippen molar-refractivity contribution in [2.24, 2.45) is 0 Å². The zero-order valence-electron chi connectivity index (χ0n) is 10.8. The third kappa shape index (κ3) is 2.44. The highest BCUT2D eigenvalue weighted by Crippen LogP contribution is 2.29. The first kappa shape index (κ1) is 12.1. The van der Waals surface area contributed by atoms with Crippen LogP contribution in [0.5, 0.6) is 5.75 Å². The second-order valence-electron chi connectivity index (χ2n) is 4.54. The van der Waals surface area contributed by atoms with Gasteiger partial charge in [-0.2, -0.15) is 4.98 Å². The first-order chi connectivity index (χ1) is 9.38. The zero-order valence-corrected chi connectivity index (χ0v) is 10.8. The first-order valence-electron chi connectivity index (χ1n) is 6.44. The van der Waals surface area contributed by atoms with E-state index in [4.69, 9.17) is 9.26 Å². The molecular formula is C13H16N4O2. The summed E-state index contributed by atoms with van der Waals surface area (Å²) in [6.45, 7) is 1.01. The second-order valence-corrected chi connectivity index (χ2v) is 4.54. The van der Waals surface area contributed by atoms with Gasteiger partial charge in [0, 0.05) is 6.20 Å². The van der Waals surface area contributed by atoms with Crippen LogP contribution in [0.2, 0.25) is 0 Å². The third-order valence-corrected chi connectivity index (χ3v) is 3.30. The fraction of sp³-hybridized carbons (Fsp3) is 0.462. The largest absolute Gasteiger partial charge is 0.494 e. The molecular weight excluding hydrogens is 244 g/mol. The Morgan fingerprint density at radius 3 is 3.16 bits per heavy atom. The van der Waals surface area contributed by atoms with Gasteiger partial charge in [0.1, 0.15) is 5.75 Å². The minimum atomic E-state index is 0.194. The lowest BCUT2D eigenvalue weighted by molar-refractivity contribution is 0.365. The molecule has 1 aliphatic heterocycles. The molecule has 0 bridgehead atoms. The van der Waals surface area contributed by atoms with E-state index in [1.54, 1.807) is 19.5 Å².